The van der Waals surface area contributed by atoms with E-state index in [9.17, 15) is 9.59 Å². The first-order chi connectivity index (χ1) is 9.75. The first-order valence-electron chi connectivity index (χ1n) is 6.77. The Hall–Kier alpha value is -1.56. The summed E-state index contributed by atoms with van der Waals surface area (Å²) in [5, 5.41) is 2.81. The molecule has 0 aliphatic rings. The van der Waals surface area contributed by atoms with Crippen molar-refractivity contribution in [2.45, 2.75) is 38.7 Å². The zero-order valence-corrected chi connectivity index (χ0v) is 14.1. The molecule has 0 aliphatic carbocycles. The second-order valence-electron chi connectivity index (χ2n) is 5.38. The average molecular weight is 357 g/mol. The van der Waals surface area contributed by atoms with E-state index in [-0.39, 0.29) is 5.91 Å². The standard InChI is InChI=1S/C15H21BrN2O3/c1-4-18-13(19)12(9-15(2,3)21-14(17)20)10-5-7-11(16)8-6-10/h5-8,12H,4,9H2,1-3H3,(H2,17,20)(H,18,19). The minimum atomic E-state index is -0.842. The lowest BCUT2D eigenvalue weighted by atomic mass is 9.87. The quantitative estimate of drug-likeness (QED) is 0.821. The molecule has 0 bridgehead atoms. The molecule has 0 fully saturated rings. The highest BCUT2D eigenvalue weighted by atomic mass is 79.9. The van der Waals surface area contributed by atoms with Gasteiger partial charge in [0, 0.05) is 17.4 Å². The average Bonchev–Trinajstić information content (AvgIpc) is 2.36. The van der Waals surface area contributed by atoms with Crippen LogP contribution < -0.4 is 11.1 Å². The summed E-state index contributed by atoms with van der Waals surface area (Å²) in [6.45, 7) is 5.89. The maximum absolute atomic E-state index is 12.3. The smallest absolute Gasteiger partial charge is 0.405 e. The second kappa shape index (κ2) is 7.45. The van der Waals surface area contributed by atoms with Crippen molar-refractivity contribution in [3.63, 3.8) is 0 Å². The highest BCUT2D eigenvalue weighted by Gasteiger charge is 2.31. The molecule has 1 atom stereocenters. The summed E-state index contributed by atoms with van der Waals surface area (Å²) in [5.74, 6) is -0.506. The number of amides is 2. The fraction of sp³-hybridized carbons (Fsp3) is 0.467. The van der Waals surface area contributed by atoms with Gasteiger partial charge >= 0.3 is 6.09 Å². The summed E-state index contributed by atoms with van der Waals surface area (Å²) < 4.78 is 6.03. The third-order valence-corrected chi connectivity index (χ3v) is 3.54. The summed E-state index contributed by atoms with van der Waals surface area (Å²) in [6, 6.07) is 7.52. The van der Waals surface area contributed by atoms with Crippen molar-refractivity contribution < 1.29 is 14.3 Å². The van der Waals surface area contributed by atoms with Crippen LogP contribution >= 0.6 is 15.9 Å². The number of carbonyl (C=O) groups is 2. The molecule has 0 spiro atoms. The van der Waals surface area contributed by atoms with E-state index in [4.69, 9.17) is 10.5 Å². The maximum atomic E-state index is 12.3. The van der Waals surface area contributed by atoms with Gasteiger partial charge in [-0.05, 0) is 38.5 Å². The van der Waals surface area contributed by atoms with Gasteiger partial charge < -0.3 is 15.8 Å². The number of nitrogens with one attached hydrogen (secondary N) is 1. The Morgan fingerprint density at radius 3 is 2.38 bits per heavy atom. The summed E-state index contributed by atoms with van der Waals surface area (Å²) in [5.41, 5.74) is 5.12. The number of primary amides is 1. The minimum Gasteiger partial charge on any atom is -0.444 e. The molecule has 116 valence electrons. The van der Waals surface area contributed by atoms with E-state index in [0.29, 0.717) is 13.0 Å². The van der Waals surface area contributed by atoms with Crippen molar-refractivity contribution in [3.05, 3.63) is 34.3 Å². The Morgan fingerprint density at radius 1 is 1.33 bits per heavy atom. The molecule has 2 amide bonds. The Morgan fingerprint density at radius 2 is 1.90 bits per heavy atom. The molecule has 3 N–H and O–H groups in total. The number of halogens is 1. The zero-order chi connectivity index (χ0) is 16.0. The number of rotatable bonds is 6. The van der Waals surface area contributed by atoms with Crippen molar-refractivity contribution in [1.82, 2.24) is 5.32 Å². The number of ether oxygens (including phenoxy) is 1. The van der Waals surface area contributed by atoms with Gasteiger partial charge in [-0.2, -0.15) is 0 Å². The Kier molecular flexibility index (Phi) is 6.20. The lowest BCUT2D eigenvalue weighted by molar-refractivity contribution is -0.123. The van der Waals surface area contributed by atoms with Crippen LogP contribution in [0.5, 0.6) is 0 Å². The van der Waals surface area contributed by atoms with E-state index in [1.165, 1.54) is 0 Å². The molecule has 1 aromatic carbocycles. The molecule has 1 unspecified atom stereocenters. The molecule has 1 rings (SSSR count). The van der Waals surface area contributed by atoms with E-state index < -0.39 is 17.6 Å². The van der Waals surface area contributed by atoms with Gasteiger partial charge in [-0.15, -0.1) is 0 Å². The van der Waals surface area contributed by atoms with Crippen molar-refractivity contribution in [1.29, 1.82) is 0 Å². The molecule has 0 aliphatic heterocycles. The van der Waals surface area contributed by atoms with Gasteiger partial charge in [-0.1, -0.05) is 28.1 Å². The van der Waals surface area contributed by atoms with Gasteiger partial charge in [-0.25, -0.2) is 4.79 Å². The fourth-order valence-corrected chi connectivity index (χ4v) is 2.42. The van der Waals surface area contributed by atoms with Gasteiger partial charge in [0.15, 0.2) is 0 Å². The van der Waals surface area contributed by atoms with Crippen LogP contribution in [-0.4, -0.2) is 24.1 Å². The van der Waals surface area contributed by atoms with Crippen LogP contribution in [0.4, 0.5) is 4.79 Å². The zero-order valence-electron chi connectivity index (χ0n) is 12.5. The molecule has 0 heterocycles. The molecule has 0 aromatic heterocycles. The predicted molar refractivity (Wildman–Crippen MR) is 84.9 cm³/mol. The molecule has 0 radical (unpaired) electrons. The van der Waals surface area contributed by atoms with E-state index in [1.807, 2.05) is 31.2 Å². The topological polar surface area (TPSA) is 81.4 Å². The van der Waals surface area contributed by atoms with Crippen molar-refractivity contribution in [2.24, 2.45) is 5.73 Å². The van der Waals surface area contributed by atoms with Gasteiger partial charge in [0.1, 0.15) is 5.60 Å². The van der Waals surface area contributed by atoms with E-state index in [1.54, 1.807) is 13.8 Å². The van der Waals surface area contributed by atoms with Crippen molar-refractivity contribution >= 4 is 27.9 Å². The third-order valence-electron chi connectivity index (χ3n) is 3.01. The van der Waals surface area contributed by atoms with E-state index >= 15 is 0 Å². The fourth-order valence-electron chi connectivity index (χ4n) is 2.16. The number of benzene rings is 1. The van der Waals surface area contributed by atoms with E-state index in [2.05, 4.69) is 21.2 Å². The number of hydrogen-bond donors (Lipinski definition) is 2. The van der Waals surface area contributed by atoms with Crippen LogP contribution in [0.2, 0.25) is 0 Å². The number of likely N-dealkylation sites (N-methyl/N-ethyl adjacent to an activating group) is 1. The van der Waals surface area contributed by atoms with Crippen LogP contribution in [0, 0.1) is 0 Å². The first kappa shape index (κ1) is 17.5. The SMILES string of the molecule is CCNC(=O)C(CC(C)(C)OC(N)=O)c1ccc(Br)cc1. The summed E-state index contributed by atoms with van der Waals surface area (Å²) in [4.78, 5) is 23.3. The predicted octanol–water partition coefficient (Wildman–Crippen LogP) is 2.93. The number of carbonyl (C=O) groups excluding carboxylic acids is 2. The lowest BCUT2D eigenvalue weighted by Gasteiger charge is -2.28. The first-order valence-corrected chi connectivity index (χ1v) is 7.56. The monoisotopic (exact) mass is 356 g/mol. The molecule has 6 heteroatoms. The lowest BCUT2D eigenvalue weighted by Crippen LogP contribution is -2.37. The Labute approximate surface area is 133 Å². The number of hydrogen-bond acceptors (Lipinski definition) is 3. The Bertz CT molecular complexity index is 500. The Balaban J connectivity index is 3.00. The number of nitrogens with two attached hydrogens (primary N) is 1. The largest absolute Gasteiger partial charge is 0.444 e. The molecule has 0 saturated heterocycles. The van der Waals surface area contributed by atoms with Crippen LogP contribution in [0.3, 0.4) is 0 Å². The van der Waals surface area contributed by atoms with Crippen molar-refractivity contribution in [2.75, 3.05) is 6.54 Å². The molecule has 1 aromatic rings. The van der Waals surface area contributed by atoms with Crippen LogP contribution in [0.15, 0.2) is 28.7 Å². The van der Waals surface area contributed by atoms with Crippen molar-refractivity contribution in [3.8, 4) is 0 Å². The van der Waals surface area contributed by atoms with E-state index in [0.717, 1.165) is 10.0 Å². The molecule has 21 heavy (non-hydrogen) atoms. The normalized spacial score (nSPS) is 12.6. The summed E-state index contributed by atoms with van der Waals surface area (Å²) >= 11 is 3.37. The van der Waals surface area contributed by atoms with Crippen LogP contribution in [-0.2, 0) is 9.53 Å². The van der Waals surface area contributed by atoms with Crippen LogP contribution in [0.1, 0.15) is 38.7 Å². The summed E-state index contributed by atoms with van der Waals surface area (Å²) in [7, 11) is 0. The van der Waals surface area contributed by atoms with Gasteiger partial charge in [0.25, 0.3) is 0 Å². The van der Waals surface area contributed by atoms with Gasteiger partial charge in [0.05, 0.1) is 5.92 Å². The molecule has 5 nitrogen and oxygen atoms in total. The van der Waals surface area contributed by atoms with Crippen LogP contribution in [0.25, 0.3) is 0 Å². The molecule has 0 saturated carbocycles. The molecular formula is C15H21BrN2O3. The summed E-state index contributed by atoms with van der Waals surface area (Å²) in [6.07, 6.45) is -0.492. The second-order valence-corrected chi connectivity index (χ2v) is 6.30. The minimum absolute atomic E-state index is 0.0963. The maximum Gasteiger partial charge on any atom is 0.405 e. The molecular weight excluding hydrogens is 336 g/mol. The van der Waals surface area contributed by atoms with Gasteiger partial charge in [0.2, 0.25) is 5.91 Å². The third kappa shape index (κ3) is 5.75. The highest BCUT2D eigenvalue weighted by Crippen LogP contribution is 2.29. The highest BCUT2D eigenvalue weighted by molar-refractivity contribution is 9.10. The van der Waals surface area contributed by atoms with Gasteiger partial charge in [-0.3, -0.25) is 4.79 Å².